The Morgan fingerprint density at radius 2 is 0.892 bits per heavy atom. The number of hydrogen-bond acceptors (Lipinski definition) is 1. The highest BCUT2D eigenvalue weighted by molar-refractivity contribution is 7.23. The first-order valence-corrected chi connectivity index (χ1v) is 13.5. The molecule has 0 fully saturated rings. The molecule has 0 atom stereocenters. The van der Waals surface area contributed by atoms with Crippen LogP contribution in [0.25, 0.3) is 74.7 Å². The maximum atomic E-state index is 2.38. The maximum Gasteiger partial charge on any atom is 0.0427 e. The summed E-state index contributed by atoms with van der Waals surface area (Å²) >= 11 is 1.89. The molecular formula is C36H22S. The molecule has 0 N–H and O–H groups in total. The molecule has 0 saturated heterocycles. The van der Waals surface area contributed by atoms with Gasteiger partial charge in [-0.25, -0.2) is 0 Å². The first-order valence-electron chi connectivity index (χ1n) is 12.7. The second-order valence-corrected chi connectivity index (χ2v) is 10.8. The van der Waals surface area contributed by atoms with Crippen molar-refractivity contribution >= 4 is 64.5 Å². The molecule has 0 saturated carbocycles. The van der Waals surface area contributed by atoms with E-state index in [0.29, 0.717) is 0 Å². The van der Waals surface area contributed by atoms with E-state index in [9.17, 15) is 0 Å². The van der Waals surface area contributed by atoms with E-state index in [2.05, 4.69) is 133 Å². The topological polar surface area (TPSA) is 0 Å². The number of fused-ring (bicyclic) bond motifs is 9. The van der Waals surface area contributed by atoms with Crippen molar-refractivity contribution < 1.29 is 0 Å². The van der Waals surface area contributed by atoms with Crippen LogP contribution in [0.15, 0.2) is 133 Å². The minimum absolute atomic E-state index is 1.25. The second kappa shape index (κ2) is 8.03. The lowest BCUT2D eigenvalue weighted by molar-refractivity contribution is 1.65. The molecule has 0 aliphatic carbocycles. The predicted octanol–water partition coefficient (Wildman–Crippen LogP) is 10.8. The summed E-state index contributed by atoms with van der Waals surface area (Å²) in [4.78, 5) is 1.31. The van der Waals surface area contributed by atoms with Crippen molar-refractivity contribution in [2.24, 2.45) is 0 Å². The van der Waals surface area contributed by atoms with Gasteiger partial charge in [0.1, 0.15) is 0 Å². The minimum atomic E-state index is 1.25. The zero-order valence-electron chi connectivity index (χ0n) is 20.1. The van der Waals surface area contributed by atoms with Gasteiger partial charge in [-0.15, -0.1) is 11.3 Å². The molecule has 0 amide bonds. The fourth-order valence-corrected chi connectivity index (χ4v) is 7.04. The summed E-state index contributed by atoms with van der Waals surface area (Å²) in [6.45, 7) is 0. The molecular weight excluding hydrogens is 464 g/mol. The molecule has 7 aromatic carbocycles. The van der Waals surface area contributed by atoms with Crippen molar-refractivity contribution in [2.45, 2.75) is 0 Å². The maximum absolute atomic E-state index is 2.38. The SMILES string of the molecule is c1cc(-c2ccc3c4ccccc4c4ccccc4c3c2)cc(-c2cc3ccc4ccccc4c3s2)c1. The van der Waals surface area contributed by atoms with Crippen LogP contribution in [0, 0.1) is 0 Å². The van der Waals surface area contributed by atoms with E-state index in [0.717, 1.165) is 0 Å². The predicted molar refractivity (Wildman–Crippen MR) is 163 cm³/mol. The first-order chi connectivity index (χ1) is 18.3. The van der Waals surface area contributed by atoms with E-state index in [4.69, 9.17) is 0 Å². The monoisotopic (exact) mass is 486 g/mol. The van der Waals surface area contributed by atoms with E-state index in [1.807, 2.05) is 11.3 Å². The Kier molecular flexibility index (Phi) is 4.49. The normalized spacial score (nSPS) is 11.8. The Morgan fingerprint density at radius 3 is 1.65 bits per heavy atom. The summed E-state index contributed by atoms with van der Waals surface area (Å²) in [5.74, 6) is 0. The summed E-state index contributed by atoms with van der Waals surface area (Å²) in [7, 11) is 0. The number of hydrogen-bond donors (Lipinski definition) is 0. The summed E-state index contributed by atoms with van der Waals surface area (Å²) in [6.07, 6.45) is 0. The van der Waals surface area contributed by atoms with Crippen LogP contribution in [0.5, 0.6) is 0 Å². The van der Waals surface area contributed by atoms with E-state index < -0.39 is 0 Å². The first kappa shape index (κ1) is 20.7. The van der Waals surface area contributed by atoms with Crippen molar-refractivity contribution in [1.29, 1.82) is 0 Å². The Bertz CT molecular complexity index is 2110. The van der Waals surface area contributed by atoms with Crippen molar-refractivity contribution in [3.63, 3.8) is 0 Å². The van der Waals surface area contributed by atoms with Gasteiger partial charge in [0.25, 0.3) is 0 Å². The summed E-state index contributed by atoms with van der Waals surface area (Å²) < 4.78 is 1.36. The molecule has 37 heavy (non-hydrogen) atoms. The number of thiophene rings is 1. The van der Waals surface area contributed by atoms with Crippen LogP contribution in [-0.4, -0.2) is 0 Å². The molecule has 1 heterocycles. The van der Waals surface area contributed by atoms with Crippen LogP contribution in [0.4, 0.5) is 0 Å². The lowest BCUT2D eigenvalue weighted by atomic mass is 9.92. The highest BCUT2D eigenvalue weighted by atomic mass is 32.1. The summed E-state index contributed by atoms with van der Waals surface area (Å²) in [6, 6.07) is 49.0. The third kappa shape index (κ3) is 3.21. The second-order valence-electron chi connectivity index (χ2n) is 9.75. The molecule has 1 aromatic heterocycles. The molecule has 0 radical (unpaired) electrons. The van der Waals surface area contributed by atoms with Gasteiger partial charge in [0.2, 0.25) is 0 Å². The molecule has 172 valence electrons. The van der Waals surface area contributed by atoms with E-state index in [1.165, 1.54) is 74.7 Å². The average Bonchev–Trinajstić information content (AvgIpc) is 3.42. The lowest BCUT2D eigenvalue weighted by Gasteiger charge is -2.12. The van der Waals surface area contributed by atoms with Gasteiger partial charge in [0, 0.05) is 9.58 Å². The van der Waals surface area contributed by atoms with Crippen LogP contribution in [0.1, 0.15) is 0 Å². The molecule has 0 unspecified atom stereocenters. The number of rotatable bonds is 2. The van der Waals surface area contributed by atoms with E-state index >= 15 is 0 Å². The largest absolute Gasteiger partial charge is 0.135 e. The fraction of sp³-hybridized carbons (Fsp3) is 0. The molecule has 0 aliphatic rings. The van der Waals surface area contributed by atoms with E-state index in [1.54, 1.807) is 0 Å². The smallest absolute Gasteiger partial charge is 0.0427 e. The van der Waals surface area contributed by atoms with Crippen LogP contribution in [-0.2, 0) is 0 Å². The fourth-order valence-electron chi connectivity index (χ4n) is 5.85. The Labute approximate surface area is 219 Å². The van der Waals surface area contributed by atoms with Gasteiger partial charge >= 0.3 is 0 Å². The van der Waals surface area contributed by atoms with Crippen LogP contribution in [0.3, 0.4) is 0 Å². The van der Waals surface area contributed by atoms with Crippen LogP contribution >= 0.6 is 11.3 Å². The Balaban J connectivity index is 1.31. The van der Waals surface area contributed by atoms with Crippen LogP contribution < -0.4 is 0 Å². The van der Waals surface area contributed by atoms with Crippen molar-refractivity contribution in [3.8, 4) is 21.6 Å². The molecule has 0 nitrogen and oxygen atoms in total. The quantitative estimate of drug-likeness (QED) is 0.213. The summed E-state index contributed by atoms with van der Waals surface area (Å²) in [5, 5.41) is 11.8. The third-order valence-electron chi connectivity index (χ3n) is 7.63. The minimum Gasteiger partial charge on any atom is -0.135 e. The van der Waals surface area contributed by atoms with Gasteiger partial charge in [-0.05, 0) is 83.4 Å². The summed E-state index contributed by atoms with van der Waals surface area (Å²) in [5.41, 5.74) is 3.77. The highest BCUT2D eigenvalue weighted by Gasteiger charge is 2.11. The number of benzene rings is 7. The highest BCUT2D eigenvalue weighted by Crippen LogP contribution is 2.40. The van der Waals surface area contributed by atoms with Gasteiger partial charge < -0.3 is 0 Å². The van der Waals surface area contributed by atoms with Crippen molar-refractivity contribution in [1.82, 2.24) is 0 Å². The van der Waals surface area contributed by atoms with E-state index in [-0.39, 0.29) is 0 Å². The van der Waals surface area contributed by atoms with Gasteiger partial charge in [-0.2, -0.15) is 0 Å². The average molecular weight is 487 g/mol. The van der Waals surface area contributed by atoms with Crippen LogP contribution in [0.2, 0.25) is 0 Å². The van der Waals surface area contributed by atoms with Gasteiger partial charge in [-0.1, -0.05) is 115 Å². The van der Waals surface area contributed by atoms with Crippen molar-refractivity contribution in [3.05, 3.63) is 133 Å². The molecule has 0 aliphatic heterocycles. The van der Waals surface area contributed by atoms with Crippen molar-refractivity contribution in [2.75, 3.05) is 0 Å². The third-order valence-corrected chi connectivity index (χ3v) is 8.87. The molecule has 1 heteroatoms. The molecule has 8 aromatic rings. The molecule has 0 spiro atoms. The Hall–Kier alpha value is -4.46. The molecule has 8 rings (SSSR count). The standard InChI is InChI=1S/C36H22S/c1-2-11-28-23(8-1)16-17-27-22-35(37-36(27)28)26-10-7-9-24(20-26)25-18-19-33-31-14-4-3-12-29(31)30-13-5-6-15-32(30)34(33)21-25/h1-22H. The van der Waals surface area contributed by atoms with Gasteiger partial charge in [-0.3, -0.25) is 0 Å². The lowest BCUT2D eigenvalue weighted by Crippen LogP contribution is -1.85. The zero-order valence-corrected chi connectivity index (χ0v) is 20.9. The zero-order chi connectivity index (χ0) is 24.3. The Morgan fingerprint density at radius 1 is 0.324 bits per heavy atom. The van der Waals surface area contributed by atoms with Gasteiger partial charge in [0.15, 0.2) is 0 Å². The molecule has 0 bridgehead atoms. The van der Waals surface area contributed by atoms with Gasteiger partial charge in [0.05, 0.1) is 0 Å².